The molecule has 0 aromatic heterocycles. The van der Waals surface area contributed by atoms with Crippen LogP contribution in [0.15, 0.2) is 0 Å². The van der Waals surface area contributed by atoms with E-state index in [1.807, 2.05) is 14.1 Å². The quantitative estimate of drug-likeness (QED) is 0.671. The third-order valence-electron chi connectivity index (χ3n) is 3.34. The van der Waals surface area contributed by atoms with Crippen molar-refractivity contribution in [3.05, 3.63) is 0 Å². The van der Waals surface area contributed by atoms with Gasteiger partial charge >= 0.3 is 12.0 Å². The summed E-state index contributed by atoms with van der Waals surface area (Å²) in [5, 5.41) is 10.7. The second-order valence-electron chi connectivity index (χ2n) is 5.38. The molecular weight excluding hydrogens is 276 g/mol. The van der Waals surface area contributed by atoms with Crippen molar-refractivity contribution >= 4 is 17.9 Å². The topological polar surface area (TPSA) is 93.2 Å². The summed E-state index contributed by atoms with van der Waals surface area (Å²) in [6.07, 6.45) is -0.443. The van der Waals surface area contributed by atoms with E-state index in [9.17, 15) is 14.4 Å². The minimum absolute atomic E-state index is 0.177. The zero-order valence-corrected chi connectivity index (χ0v) is 12.7. The Labute approximate surface area is 124 Å². The highest BCUT2D eigenvalue weighted by atomic mass is 16.4. The summed E-state index contributed by atoms with van der Waals surface area (Å²) >= 11 is 0. The zero-order chi connectivity index (χ0) is 15.8. The van der Waals surface area contributed by atoms with Crippen LogP contribution < -0.4 is 5.32 Å². The maximum absolute atomic E-state index is 11.8. The molecule has 0 saturated carbocycles. The van der Waals surface area contributed by atoms with Crippen molar-refractivity contribution in [2.45, 2.75) is 12.8 Å². The number of carbonyl (C=O) groups excluding carboxylic acids is 2. The smallest absolute Gasteiger partial charge is 0.324 e. The normalized spacial score (nSPS) is 16.0. The maximum Gasteiger partial charge on any atom is 0.324 e. The van der Waals surface area contributed by atoms with Crippen molar-refractivity contribution in [1.82, 2.24) is 20.0 Å². The number of carbonyl (C=O) groups is 3. The van der Waals surface area contributed by atoms with E-state index in [1.165, 1.54) is 0 Å². The molecule has 0 bridgehead atoms. The van der Waals surface area contributed by atoms with E-state index < -0.39 is 17.9 Å². The molecule has 1 fully saturated rings. The van der Waals surface area contributed by atoms with Gasteiger partial charge in [0, 0.05) is 45.7 Å². The number of rotatable bonds is 6. The van der Waals surface area contributed by atoms with E-state index in [0.29, 0.717) is 13.1 Å². The van der Waals surface area contributed by atoms with Gasteiger partial charge in [0.2, 0.25) is 5.91 Å². The van der Waals surface area contributed by atoms with Crippen LogP contribution in [0.25, 0.3) is 0 Å². The second kappa shape index (κ2) is 8.58. The van der Waals surface area contributed by atoms with Gasteiger partial charge in [-0.05, 0) is 14.1 Å². The first kappa shape index (κ1) is 17.4. The monoisotopic (exact) mass is 300 g/mol. The number of amides is 3. The van der Waals surface area contributed by atoms with Crippen LogP contribution in [0, 0.1) is 0 Å². The average molecular weight is 300 g/mol. The summed E-state index contributed by atoms with van der Waals surface area (Å²) in [7, 11) is 4.04. The molecule has 0 atom stereocenters. The number of likely N-dealkylation sites (N-methyl/N-ethyl adjacent to an activating group) is 1. The number of imide groups is 1. The fourth-order valence-electron chi connectivity index (χ4n) is 2.00. The van der Waals surface area contributed by atoms with Gasteiger partial charge in [0.1, 0.15) is 0 Å². The molecule has 8 nitrogen and oxygen atoms in total. The lowest BCUT2D eigenvalue weighted by Gasteiger charge is -2.34. The summed E-state index contributed by atoms with van der Waals surface area (Å²) in [5.41, 5.74) is 0. The van der Waals surface area contributed by atoms with Crippen LogP contribution in [0.2, 0.25) is 0 Å². The van der Waals surface area contributed by atoms with Crippen molar-refractivity contribution in [3.63, 3.8) is 0 Å². The van der Waals surface area contributed by atoms with E-state index in [4.69, 9.17) is 5.11 Å². The van der Waals surface area contributed by atoms with Gasteiger partial charge < -0.3 is 14.9 Å². The lowest BCUT2D eigenvalue weighted by atomic mass is 10.3. The Balaban J connectivity index is 2.25. The van der Waals surface area contributed by atoms with E-state index in [-0.39, 0.29) is 12.8 Å². The van der Waals surface area contributed by atoms with Crippen molar-refractivity contribution in [2.75, 3.05) is 53.4 Å². The van der Waals surface area contributed by atoms with Crippen LogP contribution >= 0.6 is 0 Å². The Morgan fingerprint density at radius 1 is 1.10 bits per heavy atom. The van der Waals surface area contributed by atoms with Crippen molar-refractivity contribution in [2.24, 2.45) is 0 Å². The first-order chi connectivity index (χ1) is 9.88. The third kappa shape index (κ3) is 7.05. The first-order valence-electron chi connectivity index (χ1n) is 7.06. The minimum Gasteiger partial charge on any atom is -0.481 e. The summed E-state index contributed by atoms with van der Waals surface area (Å²) in [5.74, 6) is -1.59. The molecule has 0 aromatic carbocycles. The fourth-order valence-corrected chi connectivity index (χ4v) is 2.00. The molecule has 1 saturated heterocycles. The van der Waals surface area contributed by atoms with E-state index in [2.05, 4.69) is 15.1 Å². The first-order valence-corrected chi connectivity index (χ1v) is 7.06. The minimum atomic E-state index is -1.05. The SMILES string of the molecule is CN(C)CCN1CCN(C(=O)NC(=O)CCC(=O)O)CC1. The van der Waals surface area contributed by atoms with Gasteiger partial charge in [-0.25, -0.2) is 4.79 Å². The molecule has 120 valence electrons. The number of nitrogens with one attached hydrogen (secondary N) is 1. The van der Waals surface area contributed by atoms with Crippen LogP contribution in [-0.2, 0) is 9.59 Å². The number of hydrogen-bond donors (Lipinski definition) is 2. The average Bonchev–Trinajstić information content (AvgIpc) is 2.43. The van der Waals surface area contributed by atoms with Gasteiger partial charge in [-0.15, -0.1) is 0 Å². The Bertz CT molecular complexity index is 378. The highest BCUT2D eigenvalue weighted by Crippen LogP contribution is 2.02. The number of hydrogen-bond acceptors (Lipinski definition) is 5. The van der Waals surface area contributed by atoms with Gasteiger partial charge in [-0.1, -0.05) is 0 Å². The van der Waals surface area contributed by atoms with Crippen molar-refractivity contribution < 1.29 is 19.5 Å². The summed E-state index contributed by atoms with van der Waals surface area (Å²) in [4.78, 5) is 39.6. The van der Waals surface area contributed by atoms with Crippen LogP contribution in [0.3, 0.4) is 0 Å². The number of urea groups is 1. The predicted octanol–water partition coefficient (Wildman–Crippen LogP) is -0.733. The molecule has 1 heterocycles. The molecular formula is C13H24N4O4. The molecule has 1 aliphatic heterocycles. The molecule has 0 radical (unpaired) electrons. The predicted molar refractivity (Wildman–Crippen MR) is 77.0 cm³/mol. The summed E-state index contributed by atoms with van der Waals surface area (Å²) < 4.78 is 0. The fraction of sp³-hybridized carbons (Fsp3) is 0.769. The lowest BCUT2D eigenvalue weighted by molar-refractivity contribution is -0.138. The van der Waals surface area contributed by atoms with Gasteiger partial charge in [-0.2, -0.15) is 0 Å². The Morgan fingerprint density at radius 2 is 1.71 bits per heavy atom. The maximum atomic E-state index is 11.8. The number of piperazine rings is 1. The molecule has 3 amide bonds. The number of carboxylic acids is 1. The van der Waals surface area contributed by atoms with E-state index in [1.54, 1.807) is 4.90 Å². The molecule has 0 spiro atoms. The number of carboxylic acid groups (broad SMARTS) is 1. The molecule has 2 N–H and O–H groups in total. The molecule has 21 heavy (non-hydrogen) atoms. The molecule has 0 aromatic rings. The van der Waals surface area contributed by atoms with Crippen LogP contribution in [-0.4, -0.2) is 91.1 Å². The van der Waals surface area contributed by atoms with Gasteiger partial charge in [0.25, 0.3) is 0 Å². The highest BCUT2D eigenvalue weighted by Gasteiger charge is 2.22. The van der Waals surface area contributed by atoms with Gasteiger partial charge in [-0.3, -0.25) is 19.8 Å². The molecule has 1 aliphatic rings. The summed E-state index contributed by atoms with van der Waals surface area (Å²) in [6.45, 7) is 4.64. The highest BCUT2D eigenvalue weighted by molar-refractivity contribution is 5.95. The standard InChI is InChI=1S/C13H24N4O4/c1-15(2)5-6-16-7-9-17(10-8-16)13(21)14-11(18)3-4-12(19)20/h3-10H2,1-2H3,(H,19,20)(H,14,18,21). The molecule has 0 aliphatic carbocycles. The molecule has 8 heteroatoms. The largest absolute Gasteiger partial charge is 0.481 e. The van der Waals surface area contributed by atoms with Crippen molar-refractivity contribution in [1.29, 1.82) is 0 Å². The van der Waals surface area contributed by atoms with Crippen molar-refractivity contribution in [3.8, 4) is 0 Å². The molecule has 0 unspecified atom stereocenters. The lowest BCUT2D eigenvalue weighted by Crippen LogP contribution is -2.53. The number of aliphatic carboxylic acids is 1. The third-order valence-corrected chi connectivity index (χ3v) is 3.34. The Hall–Kier alpha value is -1.67. The second-order valence-corrected chi connectivity index (χ2v) is 5.38. The summed E-state index contributed by atoms with van der Waals surface area (Å²) in [6, 6.07) is -0.433. The Morgan fingerprint density at radius 3 is 2.24 bits per heavy atom. The van der Waals surface area contributed by atoms with Crippen LogP contribution in [0.1, 0.15) is 12.8 Å². The van der Waals surface area contributed by atoms with Crippen LogP contribution in [0.4, 0.5) is 4.79 Å². The van der Waals surface area contributed by atoms with Crippen LogP contribution in [0.5, 0.6) is 0 Å². The number of nitrogens with zero attached hydrogens (tertiary/aromatic N) is 3. The van der Waals surface area contributed by atoms with Gasteiger partial charge in [0.05, 0.1) is 6.42 Å². The Kier molecular flexibility index (Phi) is 7.10. The zero-order valence-electron chi connectivity index (χ0n) is 12.7. The molecule has 1 rings (SSSR count). The van der Waals surface area contributed by atoms with Gasteiger partial charge in [0.15, 0.2) is 0 Å². The van der Waals surface area contributed by atoms with E-state index in [0.717, 1.165) is 26.2 Å². The van der Waals surface area contributed by atoms with E-state index >= 15 is 0 Å².